The maximum absolute atomic E-state index is 5.73. The van der Waals surface area contributed by atoms with E-state index in [0.29, 0.717) is 0 Å². The van der Waals surface area contributed by atoms with E-state index in [-0.39, 0.29) is 0 Å². The second-order valence-electron chi connectivity index (χ2n) is 3.39. The van der Waals surface area contributed by atoms with Gasteiger partial charge in [0.05, 0.1) is 0 Å². The number of hydrogen-bond donors (Lipinski definition) is 1. The zero-order valence-electron chi connectivity index (χ0n) is 8.15. The van der Waals surface area contributed by atoms with E-state index in [2.05, 4.69) is 27.0 Å². The summed E-state index contributed by atoms with van der Waals surface area (Å²) in [5.41, 5.74) is 8.99. The smallest absolute Gasteiger partial charge is 0.0458 e. The fourth-order valence-corrected chi connectivity index (χ4v) is 1.84. The van der Waals surface area contributed by atoms with Gasteiger partial charge in [-0.1, -0.05) is 6.07 Å². The molecule has 0 fully saturated rings. The van der Waals surface area contributed by atoms with Gasteiger partial charge in [-0.2, -0.15) is 0 Å². The Labute approximate surface area is 97.3 Å². The lowest BCUT2D eigenvalue weighted by Gasteiger charge is -2.04. The largest absolute Gasteiger partial charge is 0.398 e. The first-order chi connectivity index (χ1) is 7.25. The van der Waals surface area contributed by atoms with Gasteiger partial charge in [0, 0.05) is 22.6 Å². The van der Waals surface area contributed by atoms with Gasteiger partial charge in [-0.25, -0.2) is 0 Å². The number of nitrogens with zero attached hydrogens (tertiary/aromatic N) is 1. The molecule has 0 amide bonds. The van der Waals surface area contributed by atoms with E-state index in [0.717, 1.165) is 16.6 Å². The molecule has 0 aliphatic heterocycles. The van der Waals surface area contributed by atoms with Crippen LogP contribution in [0.5, 0.6) is 0 Å². The number of nitrogens with two attached hydrogens (primary N) is 1. The fraction of sp³-hybridized carbons (Fsp3) is 0.0833. The normalized spacial score (nSPS) is 10.2. The number of hydrogen-bond acceptors (Lipinski definition) is 2. The summed E-state index contributed by atoms with van der Waals surface area (Å²) in [7, 11) is 0. The van der Waals surface area contributed by atoms with Crippen molar-refractivity contribution in [3.8, 4) is 0 Å². The van der Waals surface area contributed by atoms with E-state index in [1.54, 1.807) is 0 Å². The third kappa shape index (κ3) is 2.57. The van der Waals surface area contributed by atoms with E-state index < -0.39 is 0 Å². The SMILES string of the molecule is Nc1ccc(Cc2ccncc2)cc1Br. The van der Waals surface area contributed by atoms with Crippen molar-refractivity contribution in [2.24, 2.45) is 0 Å². The first-order valence-corrected chi connectivity index (χ1v) is 5.48. The zero-order chi connectivity index (χ0) is 10.7. The molecule has 0 aliphatic carbocycles. The lowest BCUT2D eigenvalue weighted by Crippen LogP contribution is -1.91. The van der Waals surface area contributed by atoms with Crippen molar-refractivity contribution in [3.05, 3.63) is 58.3 Å². The van der Waals surface area contributed by atoms with Gasteiger partial charge in [0.1, 0.15) is 0 Å². The van der Waals surface area contributed by atoms with Crippen LogP contribution >= 0.6 is 15.9 Å². The highest BCUT2D eigenvalue weighted by Gasteiger charge is 1.99. The molecular weight excluding hydrogens is 252 g/mol. The van der Waals surface area contributed by atoms with Crippen molar-refractivity contribution in [3.63, 3.8) is 0 Å². The maximum Gasteiger partial charge on any atom is 0.0458 e. The average Bonchev–Trinajstić information content (AvgIpc) is 2.25. The van der Waals surface area contributed by atoms with Crippen molar-refractivity contribution < 1.29 is 0 Å². The zero-order valence-corrected chi connectivity index (χ0v) is 9.74. The van der Waals surface area contributed by atoms with Gasteiger partial charge in [0.15, 0.2) is 0 Å². The lowest BCUT2D eigenvalue weighted by molar-refractivity contribution is 1.16. The van der Waals surface area contributed by atoms with Crippen molar-refractivity contribution in [2.75, 3.05) is 5.73 Å². The summed E-state index contributed by atoms with van der Waals surface area (Å²) >= 11 is 3.42. The minimum absolute atomic E-state index is 0.772. The summed E-state index contributed by atoms with van der Waals surface area (Å²) in [5.74, 6) is 0. The van der Waals surface area contributed by atoms with Gasteiger partial charge in [0.2, 0.25) is 0 Å². The van der Waals surface area contributed by atoms with Crippen molar-refractivity contribution in [1.29, 1.82) is 0 Å². The van der Waals surface area contributed by atoms with Crippen LogP contribution in [0.25, 0.3) is 0 Å². The Kier molecular flexibility index (Phi) is 3.02. The first-order valence-electron chi connectivity index (χ1n) is 4.68. The molecule has 1 aromatic carbocycles. The molecule has 1 heterocycles. The molecule has 2 aromatic rings. The van der Waals surface area contributed by atoms with Crippen LogP contribution in [0.4, 0.5) is 5.69 Å². The van der Waals surface area contributed by atoms with Crippen LogP contribution in [0.3, 0.4) is 0 Å². The molecule has 2 N–H and O–H groups in total. The predicted molar refractivity (Wildman–Crippen MR) is 65.6 cm³/mol. The van der Waals surface area contributed by atoms with E-state index in [1.165, 1.54) is 11.1 Å². The van der Waals surface area contributed by atoms with Gasteiger partial charge in [-0.05, 0) is 57.7 Å². The molecule has 0 atom stereocenters. The molecule has 0 bridgehead atoms. The molecule has 3 heteroatoms. The lowest BCUT2D eigenvalue weighted by atomic mass is 10.1. The van der Waals surface area contributed by atoms with E-state index >= 15 is 0 Å². The van der Waals surface area contributed by atoms with Gasteiger partial charge in [0.25, 0.3) is 0 Å². The van der Waals surface area contributed by atoms with Crippen LogP contribution < -0.4 is 5.73 Å². The van der Waals surface area contributed by atoms with Gasteiger partial charge < -0.3 is 5.73 Å². The standard InChI is InChI=1S/C12H11BrN2/c13-11-8-10(1-2-12(11)14)7-9-3-5-15-6-4-9/h1-6,8H,7,14H2. The highest BCUT2D eigenvalue weighted by atomic mass is 79.9. The van der Waals surface area contributed by atoms with E-state index in [9.17, 15) is 0 Å². The van der Waals surface area contributed by atoms with Crippen molar-refractivity contribution in [2.45, 2.75) is 6.42 Å². The molecule has 1 aromatic heterocycles. The Balaban J connectivity index is 2.22. The number of rotatable bonds is 2. The Hall–Kier alpha value is -1.35. The average molecular weight is 263 g/mol. The number of pyridine rings is 1. The Morgan fingerprint density at radius 1 is 1.07 bits per heavy atom. The van der Waals surface area contributed by atoms with E-state index in [4.69, 9.17) is 5.73 Å². The number of anilines is 1. The van der Waals surface area contributed by atoms with Crippen LogP contribution in [-0.4, -0.2) is 4.98 Å². The van der Waals surface area contributed by atoms with Crippen molar-refractivity contribution >= 4 is 21.6 Å². The quantitative estimate of drug-likeness (QED) is 0.846. The summed E-state index contributed by atoms with van der Waals surface area (Å²) in [6.07, 6.45) is 4.52. The molecule has 2 nitrogen and oxygen atoms in total. The Bertz CT molecular complexity index is 454. The number of halogens is 1. The molecule has 0 radical (unpaired) electrons. The Morgan fingerprint density at radius 2 is 1.80 bits per heavy atom. The number of aromatic nitrogens is 1. The van der Waals surface area contributed by atoms with Gasteiger partial charge >= 0.3 is 0 Å². The molecule has 2 rings (SSSR count). The molecule has 15 heavy (non-hydrogen) atoms. The van der Waals surface area contributed by atoms with Gasteiger partial charge in [-0.15, -0.1) is 0 Å². The van der Waals surface area contributed by atoms with Crippen molar-refractivity contribution in [1.82, 2.24) is 4.98 Å². The minimum Gasteiger partial charge on any atom is -0.398 e. The molecule has 0 saturated carbocycles. The first kappa shape index (κ1) is 10.2. The summed E-state index contributed by atoms with van der Waals surface area (Å²) in [4.78, 5) is 3.99. The summed E-state index contributed by atoms with van der Waals surface area (Å²) in [6, 6.07) is 10.0. The van der Waals surface area contributed by atoms with Crippen LogP contribution in [0, 0.1) is 0 Å². The molecule has 0 unspecified atom stereocenters. The highest BCUT2D eigenvalue weighted by Crippen LogP contribution is 2.21. The molecule has 0 spiro atoms. The molecular formula is C12H11BrN2. The molecule has 76 valence electrons. The van der Waals surface area contributed by atoms with E-state index in [1.807, 2.05) is 36.7 Å². The third-order valence-electron chi connectivity index (χ3n) is 2.22. The second kappa shape index (κ2) is 4.45. The topological polar surface area (TPSA) is 38.9 Å². The summed E-state index contributed by atoms with van der Waals surface area (Å²) in [5, 5.41) is 0. The second-order valence-corrected chi connectivity index (χ2v) is 4.24. The molecule has 0 aliphatic rings. The van der Waals surface area contributed by atoms with Gasteiger partial charge in [-0.3, -0.25) is 4.98 Å². The number of nitrogen functional groups attached to an aromatic ring is 1. The summed E-state index contributed by atoms with van der Waals surface area (Å²) < 4.78 is 0.953. The third-order valence-corrected chi connectivity index (χ3v) is 2.91. The monoisotopic (exact) mass is 262 g/mol. The minimum atomic E-state index is 0.772. The van der Waals surface area contributed by atoms with Crippen LogP contribution in [0.15, 0.2) is 47.2 Å². The van der Waals surface area contributed by atoms with Crippen LogP contribution in [-0.2, 0) is 6.42 Å². The maximum atomic E-state index is 5.73. The fourth-order valence-electron chi connectivity index (χ4n) is 1.42. The van der Waals surface area contributed by atoms with Crippen LogP contribution in [0.2, 0.25) is 0 Å². The molecule has 0 saturated heterocycles. The Morgan fingerprint density at radius 3 is 2.47 bits per heavy atom. The van der Waals surface area contributed by atoms with Crippen LogP contribution in [0.1, 0.15) is 11.1 Å². The summed E-state index contributed by atoms with van der Waals surface area (Å²) in [6.45, 7) is 0. The highest BCUT2D eigenvalue weighted by molar-refractivity contribution is 9.10. The predicted octanol–water partition coefficient (Wildman–Crippen LogP) is 3.02. The number of benzene rings is 1.